The molecule has 98 valence electrons. The van der Waals surface area contributed by atoms with Gasteiger partial charge < -0.3 is 5.32 Å². The number of hydrogen-bond acceptors (Lipinski definition) is 2. The van der Waals surface area contributed by atoms with Gasteiger partial charge in [-0.1, -0.05) is 19.1 Å². The number of likely N-dealkylation sites (N-methyl/N-ethyl adjacent to an activating group) is 1. The molecular formula is C13H14F3NS. The smallest absolute Gasteiger partial charge is 0.306 e. The standard InChI is InChI=1S/C13H14F3NS/c1-2-17-12(13(14,15)16)8-9-3-4-11-10(7-9)5-6-18-11/h3-7,12,17H,2,8H2,1H3. The number of rotatable bonds is 4. The summed E-state index contributed by atoms with van der Waals surface area (Å²) in [4.78, 5) is 0. The maximum absolute atomic E-state index is 12.8. The molecule has 1 nitrogen and oxygen atoms in total. The molecule has 0 bridgehead atoms. The van der Waals surface area contributed by atoms with Crippen molar-refractivity contribution in [2.75, 3.05) is 6.54 Å². The summed E-state index contributed by atoms with van der Waals surface area (Å²) in [5, 5.41) is 5.44. The first kappa shape index (κ1) is 13.4. The summed E-state index contributed by atoms with van der Waals surface area (Å²) in [5.41, 5.74) is 0.712. The molecule has 2 aromatic rings. The second-order valence-corrected chi connectivity index (χ2v) is 5.10. The predicted molar refractivity (Wildman–Crippen MR) is 69.0 cm³/mol. The Hall–Kier alpha value is -1.07. The van der Waals surface area contributed by atoms with Crippen LogP contribution in [0.15, 0.2) is 29.6 Å². The second-order valence-electron chi connectivity index (χ2n) is 4.15. The lowest BCUT2D eigenvalue weighted by molar-refractivity contribution is -0.155. The summed E-state index contributed by atoms with van der Waals surface area (Å²) >= 11 is 1.59. The summed E-state index contributed by atoms with van der Waals surface area (Å²) in [7, 11) is 0. The van der Waals surface area contributed by atoms with E-state index in [1.807, 2.05) is 23.6 Å². The van der Waals surface area contributed by atoms with Crippen molar-refractivity contribution in [2.24, 2.45) is 0 Å². The quantitative estimate of drug-likeness (QED) is 0.888. The molecule has 1 aromatic carbocycles. The van der Waals surface area contributed by atoms with Crippen molar-refractivity contribution in [2.45, 2.75) is 25.6 Å². The van der Waals surface area contributed by atoms with Crippen LogP contribution in [0.25, 0.3) is 10.1 Å². The third-order valence-corrected chi connectivity index (χ3v) is 3.70. The number of nitrogens with one attached hydrogen (secondary N) is 1. The molecule has 1 heterocycles. The molecule has 1 atom stereocenters. The van der Waals surface area contributed by atoms with Crippen molar-refractivity contribution in [1.82, 2.24) is 5.32 Å². The van der Waals surface area contributed by atoms with Gasteiger partial charge in [0.15, 0.2) is 0 Å². The van der Waals surface area contributed by atoms with Gasteiger partial charge in [0.1, 0.15) is 6.04 Å². The van der Waals surface area contributed by atoms with E-state index in [0.717, 1.165) is 10.1 Å². The Bertz CT molecular complexity index is 518. The van der Waals surface area contributed by atoms with E-state index in [2.05, 4.69) is 5.32 Å². The van der Waals surface area contributed by atoms with Gasteiger partial charge in [-0.3, -0.25) is 0 Å². The van der Waals surface area contributed by atoms with Gasteiger partial charge in [0, 0.05) is 4.70 Å². The number of alkyl halides is 3. The van der Waals surface area contributed by atoms with E-state index in [-0.39, 0.29) is 6.42 Å². The highest BCUT2D eigenvalue weighted by molar-refractivity contribution is 7.17. The van der Waals surface area contributed by atoms with Crippen LogP contribution < -0.4 is 5.32 Å². The molecule has 0 amide bonds. The zero-order valence-electron chi connectivity index (χ0n) is 9.92. The van der Waals surface area contributed by atoms with Crippen LogP contribution in [-0.2, 0) is 6.42 Å². The number of benzene rings is 1. The van der Waals surface area contributed by atoms with E-state index in [1.54, 1.807) is 24.3 Å². The van der Waals surface area contributed by atoms with Crippen LogP contribution in [0.3, 0.4) is 0 Å². The molecule has 5 heteroatoms. The highest BCUT2D eigenvalue weighted by Gasteiger charge is 2.38. The minimum atomic E-state index is -4.21. The van der Waals surface area contributed by atoms with Crippen LogP contribution in [0.5, 0.6) is 0 Å². The summed E-state index contributed by atoms with van der Waals surface area (Å²) < 4.78 is 39.5. The Kier molecular flexibility index (Phi) is 3.92. The predicted octanol–water partition coefficient (Wildman–Crippen LogP) is 3.98. The molecule has 1 unspecified atom stereocenters. The van der Waals surface area contributed by atoms with E-state index in [9.17, 15) is 13.2 Å². The van der Waals surface area contributed by atoms with Crippen LogP contribution in [0, 0.1) is 0 Å². The SMILES string of the molecule is CCNC(Cc1ccc2sccc2c1)C(F)(F)F. The van der Waals surface area contributed by atoms with Crippen LogP contribution in [-0.4, -0.2) is 18.8 Å². The zero-order chi connectivity index (χ0) is 13.2. The number of hydrogen-bond donors (Lipinski definition) is 1. The molecule has 0 radical (unpaired) electrons. The van der Waals surface area contributed by atoms with Gasteiger partial charge in [-0.2, -0.15) is 13.2 Å². The van der Waals surface area contributed by atoms with Crippen LogP contribution in [0.2, 0.25) is 0 Å². The molecule has 0 fully saturated rings. The Labute approximate surface area is 108 Å². The van der Waals surface area contributed by atoms with E-state index in [1.165, 1.54) is 0 Å². The van der Waals surface area contributed by atoms with E-state index >= 15 is 0 Å². The topological polar surface area (TPSA) is 12.0 Å². The van der Waals surface area contributed by atoms with Crippen molar-refractivity contribution in [3.8, 4) is 0 Å². The fourth-order valence-corrected chi connectivity index (χ4v) is 2.70. The lowest BCUT2D eigenvalue weighted by atomic mass is 10.0. The van der Waals surface area contributed by atoms with Crippen LogP contribution in [0.4, 0.5) is 13.2 Å². The first-order valence-electron chi connectivity index (χ1n) is 5.77. The molecule has 1 N–H and O–H groups in total. The zero-order valence-corrected chi connectivity index (χ0v) is 10.7. The van der Waals surface area contributed by atoms with Crippen molar-refractivity contribution in [3.05, 3.63) is 35.2 Å². The molecule has 0 aliphatic carbocycles. The van der Waals surface area contributed by atoms with Gasteiger partial charge in [-0.15, -0.1) is 11.3 Å². The average molecular weight is 273 g/mol. The maximum Gasteiger partial charge on any atom is 0.404 e. The van der Waals surface area contributed by atoms with E-state index in [4.69, 9.17) is 0 Å². The average Bonchev–Trinajstić information content (AvgIpc) is 2.74. The van der Waals surface area contributed by atoms with Gasteiger partial charge in [0.05, 0.1) is 0 Å². The number of fused-ring (bicyclic) bond motifs is 1. The minimum Gasteiger partial charge on any atom is -0.306 e. The lowest BCUT2D eigenvalue weighted by Crippen LogP contribution is -2.43. The third-order valence-electron chi connectivity index (χ3n) is 2.80. The van der Waals surface area contributed by atoms with Crippen LogP contribution in [0.1, 0.15) is 12.5 Å². The first-order valence-corrected chi connectivity index (χ1v) is 6.65. The van der Waals surface area contributed by atoms with Crippen LogP contribution >= 0.6 is 11.3 Å². The molecule has 0 spiro atoms. The third kappa shape index (κ3) is 3.03. The monoisotopic (exact) mass is 273 g/mol. The Morgan fingerprint density at radius 1 is 1.28 bits per heavy atom. The summed E-state index contributed by atoms with van der Waals surface area (Å²) in [6, 6.07) is 5.95. The van der Waals surface area contributed by atoms with Crippen molar-refractivity contribution in [1.29, 1.82) is 0 Å². The normalized spacial score (nSPS) is 14.0. The minimum absolute atomic E-state index is 0.0247. The summed E-state index contributed by atoms with van der Waals surface area (Å²) in [6.45, 7) is 1.99. The Morgan fingerprint density at radius 2 is 2.06 bits per heavy atom. The fourth-order valence-electron chi connectivity index (χ4n) is 1.93. The molecular weight excluding hydrogens is 259 g/mol. The second kappa shape index (κ2) is 5.28. The fraction of sp³-hybridized carbons (Fsp3) is 0.385. The number of thiophene rings is 1. The largest absolute Gasteiger partial charge is 0.404 e. The first-order chi connectivity index (χ1) is 8.50. The molecule has 0 saturated carbocycles. The highest BCUT2D eigenvalue weighted by atomic mass is 32.1. The molecule has 1 aromatic heterocycles. The van der Waals surface area contributed by atoms with Crippen molar-refractivity contribution < 1.29 is 13.2 Å². The van der Waals surface area contributed by atoms with Gasteiger partial charge in [-0.05, 0) is 41.4 Å². The molecule has 2 rings (SSSR count). The molecule has 0 aliphatic heterocycles. The van der Waals surface area contributed by atoms with Gasteiger partial charge in [0.25, 0.3) is 0 Å². The number of halogens is 3. The molecule has 18 heavy (non-hydrogen) atoms. The van der Waals surface area contributed by atoms with Gasteiger partial charge in [0.2, 0.25) is 0 Å². The van der Waals surface area contributed by atoms with Crippen molar-refractivity contribution in [3.63, 3.8) is 0 Å². The molecule has 0 saturated heterocycles. The lowest BCUT2D eigenvalue weighted by Gasteiger charge is -2.21. The maximum atomic E-state index is 12.8. The van der Waals surface area contributed by atoms with Gasteiger partial charge >= 0.3 is 6.18 Å². The van der Waals surface area contributed by atoms with E-state index < -0.39 is 12.2 Å². The molecule has 0 aliphatic rings. The Balaban J connectivity index is 2.19. The van der Waals surface area contributed by atoms with Gasteiger partial charge in [-0.25, -0.2) is 0 Å². The Morgan fingerprint density at radius 3 is 2.72 bits per heavy atom. The summed E-state index contributed by atoms with van der Waals surface area (Å²) in [5.74, 6) is 0. The highest BCUT2D eigenvalue weighted by Crippen LogP contribution is 2.26. The summed E-state index contributed by atoms with van der Waals surface area (Å²) in [6.07, 6.45) is -4.23. The van der Waals surface area contributed by atoms with E-state index in [0.29, 0.717) is 12.1 Å². The van der Waals surface area contributed by atoms with Crippen molar-refractivity contribution >= 4 is 21.4 Å².